The largest absolute Gasteiger partial charge is 0.507 e. The van der Waals surface area contributed by atoms with Crippen LogP contribution in [-0.4, -0.2) is 29.0 Å². The summed E-state index contributed by atoms with van der Waals surface area (Å²) >= 11 is 0. The van der Waals surface area contributed by atoms with Gasteiger partial charge in [-0.25, -0.2) is 0 Å². The molecule has 2 aliphatic heterocycles. The van der Waals surface area contributed by atoms with Gasteiger partial charge in [-0.3, -0.25) is 9.78 Å². The predicted octanol–water partition coefficient (Wildman–Crippen LogP) is 2.22. The van der Waals surface area contributed by atoms with E-state index in [1.54, 1.807) is 30.6 Å². The summed E-state index contributed by atoms with van der Waals surface area (Å²) in [6, 6.07) is 6.91. The second-order valence-electron chi connectivity index (χ2n) is 7.27. The van der Waals surface area contributed by atoms with E-state index in [0.717, 1.165) is 30.1 Å². The van der Waals surface area contributed by atoms with Gasteiger partial charge < -0.3 is 14.7 Å². The fraction of sp³-hybridized carbons (Fsp3) is 0.333. The van der Waals surface area contributed by atoms with Crippen molar-refractivity contribution in [3.8, 4) is 11.5 Å². The van der Waals surface area contributed by atoms with Crippen LogP contribution in [0.25, 0.3) is 6.08 Å². The van der Waals surface area contributed by atoms with Crippen LogP contribution >= 0.6 is 0 Å². The summed E-state index contributed by atoms with van der Waals surface area (Å²) < 4.78 is 5.92. The number of quaternary nitrogens is 1. The van der Waals surface area contributed by atoms with Gasteiger partial charge in [-0.2, -0.15) is 0 Å². The lowest BCUT2D eigenvalue weighted by atomic mass is 9.98. The molecule has 0 aliphatic carbocycles. The number of ether oxygens (including phenoxy) is 1. The molecule has 3 heterocycles. The number of aromatic nitrogens is 1. The van der Waals surface area contributed by atoms with Gasteiger partial charge in [0.2, 0.25) is 5.78 Å². The van der Waals surface area contributed by atoms with E-state index in [4.69, 9.17) is 4.74 Å². The van der Waals surface area contributed by atoms with Crippen molar-refractivity contribution in [3.63, 3.8) is 0 Å². The normalized spacial score (nSPS) is 23.7. The number of ketones is 1. The average Bonchev–Trinajstić information content (AvgIpc) is 2.96. The molecule has 0 spiro atoms. The topological polar surface area (TPSA) is 63.9 Å². The minimum atomic E-state index is -0.139. The lowest BCUT2D eigenvalue weighted by Crippen LogP contribution is -3.11. The molecule has 0 saturated carbocycles. The van der Waals surface area contributed by atoms with Crippen molar-refractivity contribution in [1.29, 1.82) is 0 Å². The molecule has 2 aliphatic rings. The number of allylic oxidation sites excluding steroid dienone is 1. The summed E-state index contributed by atoms with van der Waals surface area (Å²) in [5.74, 6) is 1.64. The number of hydrogen-bond acceptors (Lipinski definition) is 4. The number of carbonyl (C=O) groups is 1. The Morgan fingerprint density at radius 1 is 1.23 bits per heavy atom. The van der Waals surface area contributed by atoms with E-state index in [9.17, 15) is 9.90 Å². The summed E-state index contributed by atoms with van der Waals surface area (Å²) in [7, 11) is 0. The van der Waals surface area contributed by atoms with E-state index < -0.39 is 0 Å². The predicted molar refractivity (Wildman–Crippen MR) is 98.1 cm³/mol. The lowest BCUT2D eigenvalue weighted by molar-refractivity contribution is -0.919. The average molecular weight is 351 g/mol. The second kappa shape index (κ2) is 6.92. The molecule has 1 aromatic carbocycles. The van der Waals surface area contributed by atoms with Gasteiger partial charge in [0.1, 0.15) is 12.3 Å². The first-order valence-corrected chi connectivity index (χ1v) is 9.14. The maximum Gasteiger partial charge on any atom is 0.231 e. The smallest absolute Gasteiger partial charge is 0.231 e. The molecule has 26 heavy (non-hydrogen) atoms. The number of hydrogen-bond donors (Lipinski definition) is 2. The van der Waals surface area contributed by atoms with E-state index in [2.05, 4.69) is 11.9 Å². The molecule has 2 N–H and O–H groups in total. The van der Waals surface area contributed by atoms with Crippen molar-refractivity contribution in [2.75, 3.05) is 13.1 Å². The van der Waals surface area contributed by atoms with Gasteiger partial charge >= 0.3 is 0 Å². The second-order valence-corrected chi connectivity index (χ2v) is 7.27. The quantitative estimate of drug-likeness (QED) is 0.833. The number of rotatable bonds is 3. The summed E-state index contributed by atoms with van der Waals surface area (Å²) in [6.45, 7) is 5.12. The van der Waals surface area contributed by atoms with E-state index in [-0.39, 0.29) is 11.5 Å². The number of benzene rings is 1. The first-order valence-electron chi connectivity index (χ1n) is 9.14. The van der Waals surface area contributed by atoms with Crippen LogP contribution in [0.4, 0.5) is 0 Å². The van der Waals surface area contributed by atoms with Crippen LogP contribution in [0.5, 0.6) is 11.5 Å². The third-order valence-electron chi connectivity index (χ3n) is 5.33. The Labute approximate surface area is 152 Å². The first kappa shape index (κ1) is 16.8. The van der Waals surface area contributed by atoms with Gasteiger partial charge in [-0.1, -0.05) is 6.92 Å². The Hall–Kier alpha value is -2.66. The van der Waals surface area contributed by atoms with Crippen LogP contribution in [0.15, 0.2) is 42.4 Å². The number of phenols is 1. The molecule has 1 fully saturated rings. The Balaban J connectivity index is 1.62. The number of nitrogens with zero attached hydrogens (tertiary/aromatic N) is 1. The number of phenolic OH excluding ortho intramolecular Hbond substituents is 1. The summed E-state index contributed by atoms with van der Waals surface area (Å²) in [5.41, 5.74) is 2.12. The van der Waals surface area contributed by atoms with Gasteiger partial charge in [0.05, 0.1) is 24.2 Å². The number of piperidine rings is 1. The van der Waals surface area contributed by atoms with Gasteiger partial charge in [0, 0.05) is 12.4 Å². The highest BCUT2D eigenvalue weighted by atomic mass is 16.5. The van der Waals surface area contributed by atoms with Crippen molar-refractivity contribution in [2.24, 2.45) is 5.92 Å². The highest BCUT2D eigenvalue weighted by Gasteiger charge is 2.33. The Kier molecular flexibility index (Phi) is 4.47. The van der Waals surface area contributed by atoms with E-state index >= 15 is 0 Å². The van der Waals surface area contributed by atoms with Crippen molar-refractivity contribution in [2.45, 2.75) is 26.3 Å². The maximum atomic E-state index is 12.7. The zero-order valence-corrected chi connectivity index (χ0v) is 14.9. The number of Topliss-reactive ketones (excluding diaryl/α,β-unsaturated/α-hetero) is 1. The molecule has 1 aromatic heterocycles. The maximum absolute atomic E-state index is 12.7. The van der Waals surface area contributed by atoms with Crippen LogP contribution in [0.1, 0.15) is 41.3 Å². The molecule has 0 amide bonds. The lowest BCUT2D eigenvalue weighted by Gasteiger charge is -2.27. The number of pyridine rings is 1. The molecule has 2 aromatic rings. The summed E-state index contributed by atoms with van der Waals surface area (Å²) in [6.07, 6.45) is 7.46. The van der Waals surface area contributed by atoms with E-state index in [1.807, 2.05) is 12.1 Å². The molecule has 0 unspecified atom stereocenters. The van der Waals surface area contributed by atoms with Gasteiger partial charge in [-0.05, 0) is 54.7 Å². The molecule has 0 atom stereocenters. The zero-order valence-electron chi connectivity index (χ0n) is 14.9. The van der Waals surface area contributed by atoms with Crippen molar-refractivity contribution in [1.82, 2.24) is 4.98 Å². The van der Waals surface area contributed by atoms with Gasteiger partial charge in [0.15, 0.2) is 11.5 Å². The van der Waals surface area contributed by atoms with E-state index in [1.165, 1.54) is 17.7 Å². The molecule has 5 heteroatoms. The highest BCUT2D eigenvalue weighted by Crippen LogP contribution is 2.39. The third kappa shape index (κ3) is 3.22. The minimum absolute atomic E-state index is 0.139. The molecule has 5 nitrogen and oxygen atoms in total. The minimum Gasteiger partial charge on any atom is -0.507 e. The van der Waals surface area contributed by atoms with Crippen LogP contribution in [0.2, 0.25) is 0 Å². The Morgan fingerprint density at radius 3 is 2.69 bits per heavy atom. The fourth-order valence-corrected chi connectivity index (χ4v) is 3.68. The van der Waals surface area contributed by atoms with Crippen molar-refractivity contribution >= 4 is 11.9 Å². The van der Waals surface area contributed by atoms with Gasteiger partial charge in [-0.15, -0.1) is 0 Å². The van der Waals surface area contributed by atoms with Gasteiger partial charge in [0.25, 0.3) is 0 Å². The number of likely N-dealkylation sites (tertiary alicyclic amines) is 1. The fourth-order valence-electron chi connectivity index (χ4n) is 3.68. The number of aromatic hydroxyl groups is 1. The molecule has 0 bridgehead atoms. The SMILES string of the molecule is CC1CC[NH+](Cc2c(O)ccc3c2O/C(=C/c2ccncc2)C3=O)CC1. The Bertz CT molecular complexity index is 853. The number of carbonyl (C=O) groups excluding carboxylic acids is 1. The third-order valence-corrected chi connectivity index (χ3v) is 5.33. The monoisotopic (exact) mass is 351 g/mol. The van der Waals surface area contributed by atoms with Crippen LogP contribution < -0.4 is 9.64 Å². The summed E-state index contributed by atoms with van der Waals surface area (Å²) in [4.78, 5) is 18.1. The molecule has 1 saturated heterocycles. The van der Waals surface area contributed by atoms with Crippen LogP contribution in [0.3, 0.4) is 0 Å². The standard InChI is InChI=1S/C21H22N2O3/c1-14-6-10-23(11-7-14)13-17-18(24)3-2-16-20(25)19(26-21(16)17)12-15-4-8-22-9-5-15/h2-5,8-9,12,14,24H,6-7,10-11,13H2,1H3/p+1/b19-12+. The molecule has 0 radical (unpaired) electrons. The highest BCUT2D eigenvalue weighted by molar-refractivity contribution is 6.14. The van der Waals surface area contributed by atoms with Crippen LogP contribution in [-0.2, 0) is 6.54 Å². The molecule has 134 valence electrons. The van der Waals surface area contributed by atoms with Crippen LogP contribution in [0, 0.1) is 5.92 Å². The first-order chi connectivity index (χ1) is 12.6. The van der Waals surface area contributed by atoms with Crippen molar-refractivity contribution in [3.05, 3.63) is 59.1 Å². The Morgan fingerprint density at radius 2 is 1.96 bits per heavy atom. The van der Waals surface area contributed by atoms with E-state index in [0.29, 0.717) is 23.6 Å². The summed E-state index contributed by atoms with van der Waals surface area (Å²) in [5, 5.41) is 10.4. The molecular weight excluding hydrogens is 328 g/mol. The van der Waals surface area contributed by atoms with Crippen molar-refractivity contribution < 1.29 is 19.5 Å². The number of nitrogens with one attached hydrogen (secondary N) is 1. The molecule has 4 rings (SSSR count). The number of fused-ring (bicyclic) bond motifs is 1. The zero-order chi connectivity index (χ0) is 18.1. The molecular formula is C21H23N2O3+.